The first-order valence-electron chi connectivity index (χ1n) is 10.1. The molecule has 0 atom stereocenters. The van der Waals surface area contributed by atoms with Crippen molar-refractivity contribution in [3.05, 3.63) is 94.5 Å². The number of nitrogens with zero attached hydrogens (tertiary/aromatic N) is 3. The van der Waals surface area contributed by atoms with E-state index in [1.807, 2.05) is 0 Å². The van der Waals surface area contributed by atoms with Crippen LogP contribution in [0.2, 0.25) is 0 Å². The Morgan fingerprint density at radius 2 is 1.66 bits per heavy atom. The molecule has 0 aliphatic carbocycles. The lowest BCUT2D eigenvalue weighted by molar-refractivity contribution is -0.384. The molecule has 0 aliphatic rings. The minimum Gasteiger partial charge on any atom is -0.427 e. The van der Waals surface area contributed by atoms with Crippen molar-refractivity contribution in [3.8, 4) is 5.75 Å². The van der Waals surface area contributed by atoms with Crippen molar-refractivity contribution < 1.29 is 27.7 Å². The summed E-state index contributed by atoms with van der Waals surface area (Å²) in [6, 6.07) is 18.6. The number of hydrazone groups is 1. The van der Waals surface area contributed by atoms with Gasteiger partial charge in [0.1, 0.15) is 12.3 Å². The highest BCUT2D eigenvalue weighted by Crippen LogP contribution is 2.25. The fourth-order valence-electron chi connectivity index (χ4n) is 2.91. The third-order valence-corrected chi connectivity index (χ3v) is 6.30. The van der Waals surface area contributed by atoms with Crippen LogP contribution in [-0.4, -0.2) is 38.0 Å². The molecule has 3 aromatic rings. The molecule has 12 heteroatoms. The average Bonchev–Trinajstić information content (AvgIpc) is 2.84. The standard InChI is InChI=1S/C23H20N4O7S/c1-17(28)34-21-13-7-18(8-14-21)15-24-25-23(29)16-26(19-9-11-20(12-10-19)27(30)31)35(32,33)22-5-3-2-4-6-22/h2-15H,16H2,1H3,(H,25,29)/b24-15-. The second-order valence-corrected chi connectivity index (χ2v) is 8.92. The van der Waals surface area contributed by atoms with Crippen molar-refractivity contribution >= 4 is 39.5 Å². The minimum absolute atomic E-state index is 0.0532. The Morgan fingerprint density at radius 1 is 1.03 bits per heavy atom. The summed E-state index contributed by atoms with van der Waals surface area (Å²) >= 11 is 0. The van der Waals surface area contributed by atoms with E-state index in [9.17, 15) is 28.1 Å². The lowest BCUT2D eigenvalue weighted by atomic mass is 10.2. The Bertz CT molecular complexity index is 1340. The van der Waals surface area contributed by atoms with Crippen molar-refractivity contribution in [2.75, 3.05) is 10.8 Å². The summed E-state index contributed by atoms with van der Waals surface area (Å²) in [6.45, 7) is 0.653. The number of carbonyl (C=O) groups excluding carboxylic acids is 2. The molecule has 1 N–H and O–H groups in total. The van der Waals surface area contributed by atoms with E-state index < -0.39 is 33.4 Å². The van der Waals surface area contributed by atoms with E-state index >= 15 is 0 Å². The summed E-state index contributed by atoms with van der Waals surface area (Å²) in [7, 11) is -4.16. The Labute approximate surface area is 200 Å². The quantitative estimate of drug-likeness (QED) is 0.157. The van der Waals surface area contributed by atoms with Gasteiger partial charge in [0.25, 0.3) is 21.6 Å². The van der Waals surface area contributed by atoms with Gasteiger partial charge in [-0.15, -0.1) is 0 Å². The molecule has 180 valence electrons. The molecule has 3 rings (SSSR count). The van der Waals surface area contributed by atoms with Gasteiger partial charge in [-0.05, 0) is 54.1 Å². The average molecular weight is 497 g/mol. The van der Waals surface area contributed by atoms with Crippen LogP contribution in [0, 0.1) is 10.1 Å². The summed E-state index contributed by atoms with van der Waals surface area (Å²) in [4.78, 5) is 33.8. The van der Waals surface area contributed by atoms with Gasteiger partial charge in [0.15, 0.2) is 0 Å². The molecule has 0 heterocycles. The molecule has 11 nitrogen and oxygen atoms in total. The molecule has 0 aliphatic heterocycles. The topological polar surface area (TPSA) is 148 Å². The van der Waals surface area contributed by atoms with Gasteiger partial charge in [-0.3, -0.25) is 24.0 Å². The van der Waals surface area contributed by atoms with E-state index in [1.54, 1.807) is 30.3 Å². The molecule has 0 aromatic heterocycles. The number of anilines is 1. The molecule has 0 unspecified atom stereocenters. The second kappa shape index (κ2) is 11.0. The maximum atomic E-state index is 13.2. The lowest BCUT2D eigenvalue weighted by Crippen LogP contribution is -2.39. The number of nitrogens with one attached hydrogen (secondary N) is 1. The number of rotatable bonds is 9. The number of carbonyl (C=O) groups is 2. The van der Waals surface area contributed by atoms with Crippen molar-refractivity contribution in [3.63, 3.8) is 0 Å². The van der Waals surface area contributed by atoms with Crippen LogP contribution >= 0.6 is 0 Å². The summed E-state index contributed by atoms with van der Waals surface area (Å²) in [5, 5.41) is 14.8. The second-order valence-electron chi connectivity index (χ2n) is 7.05. The van der Waals surface area contributed by atoms with Gasteiger partial charge < -0.3 is 4.74 Å². The number of benzene rings is 3. The number of hydrogen-bond donors (Lipinski definition) is 1. The van der Waals surface area contributed by atoms with Gasteiger partial charge in [-0.1, -0.05) is 18.2 Å². The number of nitro benzene ring substituents is 1. The SMILES string of the molecule is CC(=O)Oc1ccc(/C=N\NC(=O)CN(c2ccc([N+](=O)[O-])cc2)S(=O)(=O)c2ccccc2)cc1. The Balaban J connectivity index is 1.78. The maximum Gasteiger partial charge on any atom is 0.308 e. The molecular weight excluding hydrogens is 476 g/mol. The summed E-state index contributed by atoms with van der Waals surface area (Å²) < 4.78 is 32.2. The first-order chi connectivity index (χ1) is 16.7. The highest BCUT2D eigenvalue weighted by Gasteiger charge is 2.27. The molecule has 0 saturated heterocycles. The Hall–Kier alpha value is -4.58. The van der Waals surface area contributed by atoms with Crippen molar-refractivity contribution in [2.24, 2.45) is 5.10 Å². The number of esters is 1. The first kappa shape index (κ1) is 25.1. The molecule has 0 bridgehead atoms. The highest BCUT2D eigenvalue weighted by molar-refractivity contribution is 7.92. The van der Waals surface area contributed by atoms with E-state index in [1.165, 1.54) is 49.5 Å². The van der Waals surface area contributed by atoms with Gasteiger partial charge in [0, 0.05) is 19.1 Å². The van der Waals surface area contributed by atoms with Crippen LogP contribution < -0.4 is 14.5 Å². The lowest BCUT2D eigenvalue weighted by Gasteiger charge is -2.23. The number of ether oxygens (including phenoxy) is 1. The molecule has 0 radical (unpaired) electrons. The summed E-state index contributed by atoms with van der Waals surface area (Å²) in [6.07, 6.45) is 1.33. The van der Waals surface area contributed by atoms with Gasteiger partial charge in [-0.25, -0.2) is 13.8 Å². The van der Waals surface area contributed by atoms with Crippen molar-refractivity contribution in [1.29, 1.82) is 0 Å². The highest BCUT2D eigenvalue weighted by atomic mass is 32.2. The number of non-ortho nitro benzene ring substituents is 1. The van der Waals surface area contributed by atoms with Crippen LogP contribution in [0.15, 0.2) is 88.9 Å². The normalized spacial score (nSPS) is 11.1. The number of amides is 1. The zero-order chi connectivity index (χ0) is 25.4. The van der Waals surface area contributed by atoms with Crippen LogP contribution in [0.1, 0.15) is 12.5 Å². The maximum absolute atomic E-state index is 13.2. The van der Waals surface area contributed by atoms with Crippen molar-refractivity contribution in [1.82, 2.24) is 5.43 Å². The summed E-state index contributed by atoms with van der Waals surface area (Å²) in [5.74, 6) is -0.846. The van der Waals surface area contributed by atoms with E-state index in [4.69, 9.17) is 4.74 Å². The monoisotopic (exact) mass is 496 g/mol. The van der Waals surface area contributed by atoms with Gasteiger partial charge in [0.05, 0.1) is 21.7 Å². The predicted molar refractivity (Wildman–Crippen MR) is 128 cm³/mol. The van der Waals surface area contributed by atoms with E-state index in [2.05, 4.69) is 10.5 Å². The number of sulfonamides is 1. The van der Waals surface area contributed by atoms with Crippen LogP contribution in [0.5, 0.6) is 5.75 Å². The Morgan fingerprint density at radius 3 is 2.23 bits per heavy atom. The smallest absolute Gasteiger partial charge is 0.308 e. The molecule has 0 spiro atoms. The molecular formula is C23H20N4O7S. The van der Waals surface area contributed by atoms with Crippen LogP contribution in [0.4, 0.5) is 11.4 Å². The van der Waals surface area contributed by atoms with E-state index in [-0.39, 0.29) is 16.3 Å². The number of hydrogen-bond acceptors (Lipinski definition) is 8. The van der Waals surface area contributed by atoms with E-state index in [0.29, 0.717) is 11.3 Å². The fourth-order valence-corrected chi connectivity index (χ4v) is 4.35. The van der Waals surface area contributed by atoms with Gasteiger partial charge >= 0.3 is 5.97 Å². The largest absolute Gasteiger partial charge is 0.427 e. The predicted octanol–water partition coefficient (Wildman–Crippen LogP) is 2.87. The molecule has 35 heavy (non-hydrogen) atoms. The summed E-state index contributed by atoms with van der Waals surface area (Å²) in [5.41, 5.74) is 2.70. The Kier molecular flexibility index (Phi) is 7.89. The molecule has 3 aromatic carbocycles. The van der Waals surface area contributed by atoms with Crippen LogP contribution in [0.25, 0.3) is 0 Å². The fraction of sp³-hybridized carbons (Fsp3) is 0.0870. The third kappa shape index (κ3) is 6.71. The van der Waals surface area contributed by atoms with E-state index in [0.717, 1.165) is 16.4 Å². The van der Waals surface area contributed by atoms with Crippen LogP contribution in [0.3, 0.4) is 0 Å². The molecule has 0 saturated carbocycles. The minimum atomic E-state index is -4.16. The zero-order valence-electron chi connectivity index (χ0n) is 18.4. The van der Waals surface area contributed by atoms with Crippen LogP contribution in [-0.2, 0) is 19.6 Å². The molecule has 1 amide bonds. The van der Waals surface area contributed by atoms with Crippen molar-refractivity contribution in [2.45, 2.75) is 11.8 Å². The van der Waals surface area contributed by atoms with Gasteiger partial charge in [-0.2, -0.15) is 5.10 Å². The first-order valence-corrected chi connectivity index (χ1v) is 11.5. The zero-order valence-corrected chi connectivity index (χ0v) is 19.2. The molecule has 0 fully saturated rings. The van der Waals surface area contributed by atoms with Gasteiger partial charge in [0.2, 0.25) is 0 Å². The third-order valence-electron chi connectivity index (χ3n) is 4.51. The number of nitro groups is 1.